The second-order valence-corrected chi connectivity index (χ2v) is 2.62. The average molecular weight is 136 g/mol. The van der Waals surface area contributed by atoms with Gasteiger partial charge in [-0.1, -0.05) is 31.7 Å². The van der Waals surface area contributed by atoms with Crippen molar-refractivity contribution >= 4 is 0 Å². The standard InChI is InChI=1S/C10H16/c1-4-6-7-8-9-10(3)5-2/h7,10H,1,5,8-9H2,2-3H3. The Morgan fingerprint density at radius 2 is 2.30 bits per heavy atom. The van der Waals surface area contributed by atoms with Crippen LogP contribution in [0, 0.1) is 5.92 Å². The van der Waals surface area contributed by atoms with Crippen LogP contribution in [0.3, 0.4) is 0 Å². The van der Waals surface area contributed by atoms with Crippen molar-refractivity contribution in [3.8, 4) is 0 Å². The van der Waals surface area contributed by atoms with Crippen molar-refractivity contribution in [1.82, 2.24) is 0 Å². The summed E-state index contributed by atoms with van der Waals surface area (Å²) in [5.74, 6) is 0.836. The van der Waals surface area contributed by atoms with Crippen LogP contribution < -0.4 is 0 Å². The third-order valence-electron chi connectivity index (χ3n) is 1.70. The van der Waals surface area contributed by atoms with E-state index in [4.69, 9.17) is 0 Å². The molecule has 0 saturated heterocycles. The Bertz CT molecular complexity index is 143. The molecule has 10 heavy (non-hydrogen) atoms. The lowest BCUT2D eigenvalue weighted by atomic mass is 10.0. The zero-order valence-corrected chi connectivity index (χ0v) is 6.98. The SMILES string of the molecule is C=C=C=CCCC(C)CC. The summed E-state index contributed by atoms with van der Waals surface area (Å²) in [6, 6.07) is 0. The molecule has 0 bridgehead atoms. The fourth-order valence-corrected chi connectivity index (χ4v) is 0.716. The molecule has 0 aliphatic heterocycles. The molecule has 1 unspecified atom stereocenters. The molecular weight excluding hydrogens is 120 g/mol. The van der Waals surface area contributed by atoms with Gasteiger partial charge in [0.05, 0.1) is 0 Å². The Morgan fingerprint density at radius 1 is 1.60 bits per heavy atom. The van der Waals surface area contributed by atoms with E-state index in [-0.39, 0.29) is 0 Å². The lowest BCUT2D eigenvalue weighted by Gasteiger charge is -2.02. The smallest absolute Gasteiger partial charge is 0.0265 e. The van der Waals surface area contributed by atoms with Crippen molar-refractivity contribution in [2.45, 2.75) is 33.1 Å². The van der Waals surface area contributed by atoms with Gasteiger partial charge in [-0.25, -0.2) is 0 Å². The molecule has 1 atom stereocenters. The largest absolute Gasteiger partial charge is 0.0785 e. The molecule has 0 rings (SSSR count). The molecule has 0 aromatic heterocycles. The summed E-state index contributed by atoms with van der Waals surface area (Å²) in [4.78, 5) is 0. The zero-order valence-electron chi connectivity index (χ0n) is 6.98. The van der Waals surface area contributed by atoms with Crippen LogP contribution in [-0.2, 0) is 0 Å². The first kappa shape index (κ1) is 9.30. The topological polar surface area (TPSA) is 0 Å². The highest BCUT2D eigenvalue weighted by Crippen LogP contribution is 2.08. The molecule has 0 heterocycles. The Morgan fingerprint density at radius 3 is 2.80 bits per heavy atom. The zero-order chi connectivity index (χ0) is 7.82. The van der Waals surface area contributed by atoms with Gasteiger partial charge < -0.3 is 0 Å². The highest BCUT2D eigenvalue weighted by molar-refractivity contribution is 4.80. The summed E-state index contributed by atoms with van der Waals surface area (Å²) in [5, 5.41) is 0. The van der Waals surface area contributed by atoms with Crippen molar-refractivity contribution in [2.24, 2.45) is 5.92 Å². The molecule has 0 spiro atoms. The highest BCUT2D eigenvalue weighted by Gasteiger charge is 1.94. The fraction of sp³-hybridized carbons (Fsp3) is 0.600. The van der Waals surface area contributed by atoms with Crippen LogP contribution in [0.15, 0.2) is 24.1 Å². The van der Waals surface area contributed by atoms with E-state index >= 15 is 0 Å². The molecule has 0 aliphatic rings. The quantitative estimate of drug-likeness (QED) is 0.520. The third kappa shape index (κ3) is 5.44. The van der Waals surface area contributed by atoms with Crippen molar-refractivity contribution in [1.29, 1.82) is 0 Å². The summed E-state index contributed by atoms with van der Waals surface area (Å²) in [6.07, 6.45) is 5.63. The second-order valence-electron chi connectivity index (χ2n) is 2.62. The predicted molar refractivity (Wildman–Crippen MR) is 45.9 cm³/mol. The predicted octanol–water partition coefficient (Wildman–Crippen LogP) is 3.31. The monoisotopic (exact) mass is 136 g/mol. The normalized spacial score (nSPS) is 11.4. The molecule has 0 aromatic carbocycles. The minimum atomic E-state index is 0.836. The summed E-state index contributed by atoms with van der Waals surface area (Å²) in [6.45, 7) is 7.92. The molecule has 0 heteroatoms. The first-order valence-electron chi connectivity index (χ1n) is 3.90. The molecule has 0 radical (unpaired) electrons. The van der Waals surface area contributed by atoms with Gasteiger partial charge >= 0.3 is 0 Å². The van der Waals surface area contributed by atoms with Gasteiger partial charge in [0.25, 0.3) is 0 Å². The van der Waals surface area contributed by atoms with Gasteiger partial charge in [-0.3, -0.25) is 0 Å². The van der Waals surface area contributed by atoms with E-state index in [2.05, 4.69) is 31.9 Å². The van der Waals surface area contributed by atoms with E-state index in [1.807, 2.05) is 6.08 Å². The molecule has 0 saturated carbocycles. The van der Waals surface area contributed by atoms with Crippen molar-refractivity contribution in [3.63, 3.8) is 0 Å². The number of allylic oxidation sites excluding steroid dienone is 1. The molecular formula is C10H16. The first-order chi connectivity index (χ1) is 4.81. The van der Waals surface area contributed by atoms with Crippen molar-refractivity contribution in [3.05, 3.63) is 24.1 Å². The van der Waals surface area contributed by atoms with Crippen LogP contribution in [-0.4, -0.2) is 0 Å². The van der Waals surface area contributed by atoms with Gasteiger partial charge in [-0.2, -0.15) is 0 Å². The Kier molecular flexibility index (Phi) is 5.97. The first-order valence-corrected chi connectivity index (χ1v) is 3.90. The number of hydrogen-bond donors (Lipinski definition) is 0. The van der Waals surface area contributed by atoms with Crippen LogP contribution in [0.1, 0.15) is 33.1 Å². The van der Waals surface area contributed by atoms with Crippen LogP contribution in [0.2, 0.25) is 0 Å². The van der Waals surface area contributed by atoms with Gasteiger partial charge in [0, 0.05) is 0 Å². The van der Waals surface area contributed by atoms with Crippen LogP contribution in [0.25, 0.3) is 0 Å². The van der Waals surface area contributed by atoms with Crippen LogP contribution in [0.4, 0.5) is 0 Å². The number of rotatable bonds is 4. The van der Waals surface area contributed by atoms with E-state index in [0.717, 1.165) is 12.3 Å². The van der Waals surface area contributed by atoms with Crippen LogP contribution in [0.5, 0.6) is 0 Å². The summed E-state index contributed by atoms with van der Waals surface area (Å²) in [5.41, 5.74) is 5.45. The lowest BCUT2D eigenvalue weighted by Crippen LogP contribution is -1.89. The third-order valence-corrected chi connectivity index (χ3v) is 1.70. The minimum absolute atomic E-state index is 0.836. The van der Waals surface area contributed by atoms with E-state index in [0.29, 0.717) is 0 Å². The minimum Gasteiger partial charge on any atom is -0.0785 e. The maximum Gasteiger partial charge on any atom is -0.0265 e. The van der Waals surface area contributed by atoms with Gasteiger partial charge in [-0.05, 0) is 31.4 Å². The van der Waals surface area contributed by atoms with Crippen LogP contribution >= 0.6 is 0 Å². The molecule has 0 aliphatic carbocycles. The van der Waals surface area contributed by atoms with E-state index in [1.54, 1.807) is 0 Å². The van der Waals surface area contributed by atoms with Gasteiger partial charge in [0.15, 0.2) is 0 Å². The summed E-state index contributed by atoms with van der Waals surface area (Å²) >= 11 is 0. The molecule has 0 amide bonds. The molecule has 0 aromatic rings. The Hall–Kier alpha value is -0.700. The average Bonchev–Trinajstić information content (AvgIpc) is 1.98. The fourth-order valence-electron chi connectivity index (χ4n) is 0.716. The van der Waals surface area contributed by atoms with E-state index < -0.39 is 0 Å². The molecule has 0 fully saturated rings. The molecule has 0 N–H and O–H groups in total. The molecule has 56 valence electrons. The van der Waals surface area contributed by atoms with Crippen molar-refractivity contribution < 1.29 is 0 Å². The lowest BCUT2D eigenvalue weighted by molar-refractivity contribution is 0.522. The maximum absolute atomic E-state index is 3.43. The second kappa shape index (κ2) is 6.42. The van der Waals surface area contributed by atoms with Crippen molar-refractivity contribution in [2.75, 3.05) is 0 Å². The highest BCUT2D eigenvalue weighted by atomic mass is 14.0. The maximum atomic E-state index is 3.43. The summed E-state index contributed by atoms with van der Waals surface area (Å²) < 4.78 is 0. The number of hydrogen-bond acceptors (Lipinski definition) is 0. The Balaban J connectivity index is 3.36. The van der Waals surface area contributed by atoms with Gasteiger partial charge in [0.1, 0.15) is 0 Å². The van der Waals surface area contributed by atoms with Gasteiger partial charge in [0.2, 0.25) is 0 Å². The van der Waals surface area contributed by atoms with E-state index in [1.165, 1.54) is 12.8 Å². The Labute approximate surface area is 64.0 Å². The van der Waals surface area contributed by atoms with Gasteiger partial charge in [-0.15, -0.1) is 0 Å². The van der Waals surface area contributed by atoms with E-state index in [9.17, 15) is 0 Å². The summed E-state index contributed by atoms with van der Waals surface area (Å²) in [7, 11) is 0. The molecule has 0 nitrogen and oxygen atoms in total.